The molecule has 0 amide bonds. The van der Waals surface area contributed by atoms with E-state index in [2.05, 4.69) is 44.7 Å². The van der Waals surface area contributed by atoms with Crippen molar-refractivity contribution in [3.05, 3.63) is 12.2 Å². The summed E-state index contributed by atoms with van der Waals surface area (Å²) in [6, 6.07) is 0. The van der Waals surface area contributed by atoms with E-state index < -0.39 is 0 Å². The minimum atomic E-state index is 0.0121. The lowest BCUT2D eigenvalue weighted by molar-refractivity contribution is -0.150. The SMILES string of the molecule is CCCCCCCC/C=C\CCCCCCC1CN(CCO)CC(CCCCCC(=O)OC(CCCCCCCC)CCCCCCC(C)C)O1. The molecule has 1 fully saturated rings. The molecule has 1 aliphatic rings. The summed E-state index contributed by atoms with van der Waals surface area (Å²) in [5.41, 5.74) is 0. The molecule has 51 heavy (non-hydrogen) atoms. The summed E-state index contributed by atoms with van der Waals surface area (Å²) in [4.78, 5) is 15.3. The van der Waals surface area contributed by atoms with Crippen LogP contribution in [0.5, 0.6) is 0 Å². The van der Waals surface area contributed by atoms with Gasteiger partial charge in [0.05, 0.1) is 18.8 Å². The maximum Gasteiger partial charge on any atom is 0.306 e. The zero-order chi connectivity index (χ0) is 37.0. The van der Waals surface area contributed by atoms with Crippen LogP contribution in [0.4, 0.5) is 0 Å². The molecule has 3 unspecified atom stereocenters. The molecule has 0 aromatic heterocycles. The summed E-state index contributed by atoms with van der Waals surface area (Å²) >= 11 is 0. The van der Waals surface area contributed by atoms with Crippen molar-refractivity contribution >= 4 is 5.97 Å². The van der Waals surface area contributed by atoms with Crippen LogP contribution < -0.4 is 0 Å². The number of allylic oxidation sites excluding steroid dienone is 2. The first-order valence-electron chi connectivity index (χ1n) is 22.8. The minimum Gasteiger partial charge on any atom is -0.462 e. The number of carbonyl (C=O) groups is 1. The minimum absolute atomic E-state index is 0.0121. The molecule has 1 saturated heterocycles. The summed E-state index contributed by atoms with van der Waals surface area (Å²) in [5.74, 6) is 0.805. The van der Waals surface area contributed by atoms with Gasteiger partial charge in [-0.15, -0.1) is 0 Å². The van der Waals surface area contributed by atoms with E-state index in [1.807, 2.05) is 0 Å². The topological polar surface area (TPSA) is 59.0 Å². The smallest absolute Gasteiger partial charge is 0.306 e. The molecule has 1 N–H and O–H groups in total. The average Bonchev–Trinajstić information content (AvgIpc) is 3.11. The fraction of sp³-hybridized carbons (Fsp3) is 0.935. The molecule has 0 saturated carbocycles. The molecular weight excluding hydrogens is 631 g/mol. The number of hydrogen-bond donors (Lipinski definition) is 1. The van der Waals surface area contributed by atoms with Gasteiger partial charge in [0.15, 0.2) is 0 Å². The Bertz CT molecular complexity index is 770. The molecule has 0 aromatic carbocycles. The molecule has 5 heteroatoms. The number of carbonyl (C=O) groups excluding carboxylic acids is 1. The fourth-order valence-corrected chi connectivity index (χ4v) is 7.67. The molecule has 0 bridgehead atoms. The third-order valence-electron chi connectivity index (χ3n) is 10.9. The van der Waals surface area contributed by atoms with Crippen LogP contribution in [0.25, 0.3) is 0 Å². The fourth-order valence-electron chi connectivity index (χ4n) is 7.67. The second-order valence-corrected chi connectivity index (χ2v) is 16.5. The lowest BCUT2D eigenvalue weighted by atomic mass is 10.0. The monoisotopic (exact) mass is 720 g/mol. The van der Waals surface area contributed by atoms with Crippen LogP contribution in [0, 0.1) is 5.92 Å². The third kappa shape index (κ3) is 31.2. The summed E-state index contributed by atoms with van der Waals surface area (Å²) in [6.07, 6.45) is 43.2. The van der Waals surface area contributed by atoms with Crippen LogP contribution in [0.3, 0.4) is 0 Å². The summed E-state index contributed by atoms with van der Waals surface area (Å²) in [6.45, 7) is 12.0. The number of rotatable bonds is 37. The first kappa shape index (κ1) is 48.1. The molecule has 1 heterocycles. The van der Waals surface area contributed by atoms with Gasteiger partial charge in [-0.25, -0.2) is 0 Å². The Labute approximate surface area is 318 Å². The number of aliphatic hydroxyl groups is 1. The molecule has 1 aliphatic heterocycles. The highest BCUT2D eigenvalue weighted by Gasteiger charge is 2.27. The number of unbranched alkanes of at least 4 members (excludes halogenated alkanes) is 20. The highest BCUT2D eigenvalue weighted by atomic mass is 16.5. The van der Waals surface area contributed by atoms with E-state index in [1.54, 1.807) is 0 Å². The second-order valence-electron chi connectivity index (χ2n) is 16.5. The van der Waals surface area contributed by atoms with Crippen LogP contribution in [0.2, 0.25) is 0 Å². The van der Waals surface area contributed by atoms with Gasteiger partial charge in [-0.3, -0.25) is 9.69 Å². The van der Waals surface area contributed by atoms with Gasteiger partial charge in [0, 0.05) is 26.1 Å². The van der Waals surface area contributed by atoms with Gasteiger partial charge in [0.25, 0.3) is 0 Å². The number of morpholine rings is 1. The molecular formula is C46H89NO4. The van der Waals surface area contributed by atoms with Gasteiger partial charge in [0.1, 0.15) is 6.10 Å². The van der Waals surface area contributed by atoms with Crippen molar-refractivity contribution in [2.24, 2.45) is 5.92 Å². The van der Waals surface area contributed by atoms with Gasteiger partial charge >= 0.3 is 5.97 Å². The summed E-state index contributed by atoms with van der Waals surface area (Å²) in [5, 5.41) is 9.62. The Morgan fingerprint density at radius 1 is 0.647 bits per heavy atom. The maximum absolute atomic E-state index is 12.9. The first-order chi connectivity index (χ1) is 25.0. The van der Waals surface area contributed by atoms with Crippen molar-refractivity contribution < 1.29 is 19.4 Å². The quantitative estimate of drug-likeness (QED) is 0.0393. The predicted molar refractivity (Wildman–Crippen MR) is 221 cm³/mol. The molecule has 3 atom stereocenters. The van der Waals surface area contributed by atoms with E-state index in [-0.39, 0.29) is 30.9 Å². The highest BCUT2D eigenvalue weighted by Crippen LogP contribution is 2.22. The van der Waals surface area contributed by atoms with Gasteiger partial charge in [-0.2, -0.15) is 0 Å². The molecule has 0 aromatic rings. The van der Waals surface area contributed by atoms with Gasteiger partial charge in [-0.1, -0.05) is 162 Å². The van der Waals surface area contributed by atoms with Gasteiger partial charge in [0.2, 0.25) is 0 Å². The van der Waals surface area contributed by atoms with Crippen molar-refractivity contribution in [1.82, 2.24) is 4.90 Å². The van der Waals surface area contributed by atoms with Gasteiger partial charge in [-0.05, 0) is 76.5 Å². The third-order valence-corrected chi connectivity index (χ3v) is 10.9. The van der Waals surface area contributed by atoms with Crippen LogP contribution in [0.15, 0.2) is 12.2 Å². The lowest BCUT2D eigenvalue weighted by Gasteiger charge is -2.38. The first-order valence-corrected chi connectivity index (χ1v) is 22.8. The average molecular weight is 720 g/mol. The number of nitrogens with zero attached hydrogens (tertiary/aromatic N) is 1. The number of aliphatic hydroxyl groups excluding tert-OH is 1. The van der Waals surface area contributed by atoms with Crippen molar-refractivity contribution in [1.29, 1.82) is 0 Å². The zero-order valence-electron chi connectivity index (χ0n) is 34.8. The summed E-state index contributed by atoms with van der Waals surface area (Å²) in [7, 11) is 0. The molecule has 0 spiro atoms. The van der Waals surface area contributed by atoms with Crippen molar-refractivity contribution in [3.63, 3.8) is 0 Å². The summed E-state index contributed by atoms with van der Waals surface area (Å²) < 4.78 is 12.7. The number of hydrogen-bond acceptors (Lipinski definition) is 5. The van der Waals surface area contributed by atoms with Crippen LogP contribution in [-0.2, 0) is 14.3 Å². The van der Waals surface area contributed by atoms with E-state index in [9.17, 15) is 9.90 Å². The predicted octanol–water partition coefficient (Wildman–Crippen LogP) is 13.3. The number of β-amino-alcohol motifs (C(OH)–C–C–N with tert-alkyl or cyclic N) is 1. The van der Waals surface area contributed by atoms with Crippen molar-refractivity contribution in [2.45, 2.75) is 245 Å². The maximum atomic E-state index is 12.9. The van der Waals surface area contributed by atoms with E-state index in [1.165, 1.54) is 148 Å². The molecule has 0 aliphatic carbocycles. The normalized spacial score (nSPS) is 17.5. The Hall–Kier alpha value is -0.910. The second kappa shape index (κ2) is 36.1. The molecule has 5 nitrogen and oxygen atoms in total. The Balaban J connectivity index is 2.26. The molecule has 302 valence electrons. The van der Waals surface area contributed by atoms with E-state index in [4.69, 9.17) is 9.47 Å². The number of esters is 1. The zero-order valence-corrected chi connectivity index (χ0v) is 34.8. The van der Waals surface area contributed by atoms with Crippen LogP contribution >= 0.6 is 0 Å². The largest absolute Gasteiger partial charge is 0.462 e. The lowest BCUT2D eigenvalue weighted by Crippen LogP contribution is -2.48. The van der Waals surface area contributed by atoms with Crippen LogP contribution in [-0.4, -0.2) is 60.5 Å². The van der Waals surface area contributed by atoms with E-state index >= 15 is 0 Å². The highest BCUT2D eigenvalue weighted by molar-refractivity contribution is 5.69. The van der Waals surface area contributed by atoms with Crippen molar-refractivity contribution in [2.75, 3.05) is 26.2 Å². The molecule has 1 rings (SSSR count). The number of ether oxygens (including phenoxy) is 2. The van der Waals surface area contributed by atoms with Gasteiger partial charge < -0.3 is 14.6 Å². The Morgan fingerprint density at radius 2 is 1.10 bits per heavy atom. The van der Waals surface area contributed by atoms with Crippen LogP contribution in [0.1, 0.15) is 227 Å². The molecule has 0 radical (unpaired) electrons. The Kier molecular flexibility index (Phi) is 34.0. The van der Waals surface area contributed by atoms with E-state index in [0.717, 1.165) is 70.5 Å². The van der Waals surface area contributed by atoms with Crippen molar-refractivity contribution in [3.8, 4) is 0 Å². The standard InChI is InChI=1S/C46H89NO4/c1-5-7-9-11-13-14-15-16-17-18-19-20-22-29-35-44-40-47(38-39-48)41-45(50-44)36-30-25-31-37-46(49)51-43(33-27-21-12-10-8-6-2)34-28-24-23-26-32-42(3)4/h16-17,42-45,48H,5-15,18-41H2,1-4H3/b17-16-. The Morgan fingerprint density at radius 3 is 1.61 bits per heavy atom. The van der Waals surface area contributed by atoms with E-state index in [0.29, 0.717) is 6.42 Å².